The summed E-state index contributed by atoms with van der Waals surface area (Å²) in [6, 6.07) is 1.49. The summed E-state index contributed by atoms with van der Waals surface area (Å²) in [5.41, 5.74) is 5.54. The lowest BCUT2D eigenvalue weighted by molar-refractivity contribution is -0.149. The molecule has 2 rings (SSSR count). The molecule has 24 heavy (non-hydrogen) atoms. The van der Waals surface area contributed by atoms with Gasteiger partial charge in [-0.25, -0.2) is 9.78 Å². The number of aromatic nitrogens is 1. The van der Waals surface area contributed by atoms with Crippen molar-refractivity contribution in [1.82, 2.24) is 9.88 Å². The SMILES string of the molecule is CC(C)(C)[C@H](N)C(=O)N1C[C@H](Oc2ccc(Cl)cn2)CC1C(=O)O. The smallest absolute Gasteiger partial charge is 0.326 e. The number of carbonyl (C=O) groups excluding carboxylic acids is 1. The zero-order valence-corrected chi connectivity index (χ0v) is 14.7. The minimum Gasteiger partial charge on any atom is -0.480 e. The summed E-state index contributed by atoms with van der Waals surface area (Å²) < 4.78 is 5.69. The number of halogens is 1. The highest BCUT2D eigenvalue weighted by atomic mass is 35.5. The van der Waals surface area contributed by atoms with Crippen LogP contribution in [0.1, 0.15) is 27.2 Å². The van der Waals surface area contributed by atoms with Gasteiger partial charge in [0, 0.05) is 18.7 Å². The number of nitrogens with two attached hydrogens (primary N) is 1. The van der Waals surface area contributed by atoms with Crippen molar-refractivity contribution in [3.63, 3.8) is 0 Å². The molecule has 1 amide bonds. The van der Waals surface area contributed by atoms with E-state index < -0.39 is 29.6 Å². The lowest BCUT2D eigenvalue weighted by atomic mass is 9.86. The second-order valence-corrected chi connectivity index (χ2v) is 7.41. The molecule has 3 N–H and O–H groups in total. The highest BCUT2D eigenvalue weighted by molar-refractivity contribution is 6.30. The molecule has 8 heteroatoms. The second kappa shape index (κ2) is 6.94. The zero-order chi connectivity index (χ0) is 18.1. The molecule has 1 aliphatic rings. The maximum atomic E-state index is 12.6. The van der Waals surface area contributed by atoms with Gasteiger partial charge >= 0.3 is 5.97 Å². The fourth-order valence-electron chi connectivity index (χ4n) is 2.51. The first-order valence-electron chi connectivity index (χ1n) is 7.66. The number of nitrogens with zero attached hydrogens (tertiary/aromatic N) is 2. The summed E-state index contributed by atoms with van der Waals surface area (Å²) in [5, 5.41) is 9.89. The molecule has 1 aliphatic heterocycles. The van der Waals surface area contributed by atoms with Crippen molar-refractivity contribution >= 4 is 23.5 Å². The van der Waals surface area contributed by atoms with E-state index in [9.17, 15) is 14.7 Å². The second-order valence-electron chi connectivity index (χ2n) is 6.98. The molecule has 3 atom stereocenters. The van der Waals surface area contributed by atoms with Gasteiger partial charge in [-0.1, -0.05) is 32.4 Å². The maximum Gasteiger partial charge on any atom is 0.326 e. The van der Waals surface area contributed by atoms with E-state index in [-0.39, 0.29) is 18.9 Å². The van der Waals surface area contributed by atoms with Gasteiger partial charge in [0.05, 0.1) is 17.6 Å². The molecular formula is C16H22ClN3O4. The van der Waals surface area contributed by atoms with Gasteiger partial charge in [0.2, 0.25) is 11.8 Å². The molecule has 2 heterocycles. The van der Waals surface area contributed by atoms with E-state index in [2.05, 4.69) is 4.98 Å². The Balaban J connectivity index is 2.12. The highest BCUT2D eigenvalue weighted by Gasteiger charge is 2.44. The Kier molecular flexibility index (Phi) is 5.35. The third-order valence-electron chi connectivity index (χ3n) is 4.02. The third kappa shape index (κ3) is 4.15. The number of carbonyl (C=O) groups is 2. The summed E-state index contributed by atoms with van der Waals surface area (Å²) in [6.07, 6.45) is 1.16. The lowest BCUT2D eigenvalue weighted by Gasteiger charge is -2.31. The van der Waals surface area contributed by atoms with Crippen LogP contribution < -0.4 is 10.5 Å². The van der Waals surface area contributed by atoms with Crippen LogP contribution in [0.3, 0.4) is 0 Å². The Hall–Kier alpha value is -1.86. The maximum absolute atomic E-state index is 12.6. The van der Waals surface area contributed by atoms with Crippen molar-refractivity contribution in [1.29, 1.82) is 0 Å². The van der Waals surface area contributed by atoms with Gasteiger partial charge in [-0.05, 0) is 11.5 Å². The normalized spacial score (nSPS) is 22.3. The van der Waals surface area contributed by atoms with Crippen molar-refractivity contribution in [3.8, 4) is 5.88 Å². The first kappa shape index (κ1) is 18.5. The van der Waals surface area contributed by atoms with Gasteiger partial charge in [0.1, 0.15) is 12.1 Å². The number of carboxylic acids is 1. The van der Waals surface area contributed by atoms with Crippen LogP contribution in [0.5, 0.6) is 5.88 Å². The summed E-state index contributed by atoms with van der Waals surface area (Å²) in [5.74, 6) is -1.12. The Labute approximate surface area is 145 Å². The Bertz CT molecular complexity index is 615. The molecular weight excluding hydrogens is 334 g/mol. The number of aliphatic carboxylic acids is 1. The number of rotatable bonds is 4. The Morgan fingerprint density at radius 2 is 2.12 bits per heavy atom. The molecule has 0 radical (unpaired) electrons. The van der Waals surface area contributed by atoms with Crippen molar-refractivity contribution < 1.29 is 19.4 Å². The molecule has 132 valence electrons. The van der Waals surface area contributed by atoms with Crippen LogP contribution in [0.15, 0.2) is 18.3 Å². The van der Waals surface area contributed by atoms with Gasteiger partial charge < -0.3 is 20.5 Å². The fourth-order valence-corrected chi connectivity index (χ4v) is 2.62. The topological polar surface area (TPSA) is 106 Å². The van der Waals surface area contributed by atoms with E-state index in [0.717, 1.165) is 0 Å². The van der Waals surface area contributed by atoms with Crippen molar-refractivity contribution in [2.45, 2.75) is 45.4 Å². The molecule has 0 aromatic carbocycles. The number of hydrogen-bond acceptors (Lipinski definition) is 5. The number of amides is 1. The molecule has 7 nitrogen and oxygen atoms in total. The van der Waals surface area contributed by atoms with Crippen molar-refractivity contribution in [2.24, 2.45) is 11.1 Å². The predicted octanol–water partition coefficient (Wildman–Crippen LogP) is 1.54. The standard InChI is InChI=1S/C16H22ClN3O4/c1-16(2,3)13(18)14(21)20-8-10(6-11(20)15(22)23)24-12-5-4-9(17)7-19-12/h4-5,7,10-11,13H,6,8,18H2,1-3H3,(H,22,23)/t10-,11?,13-/m1/s1. The first-order valence-corrected chi connectivity index (χ1v) is 8.04. The van der Waals surface area contributed by atoms with E-state index in [1.165, 1.54) is 11.1 Å². The van der Waals surface area contributed by atoms with Crippen LogP contribution in [-0.4, -0.2) is 51.6 Å². The summed E-state index contributed by atoms with van der Waals surface area (Å²) in [4.78, 5) is 29.4. The molecule has 0 aliphatic carbocycles. The third-order valence-corrected chi connectivity index (χ3v) is 4.24. The molecule has 0 saturated carbocycles. The number of likely N-dealkylation sites (tertiary alicyclic amines) is 1. The Morgan fingerprint density at radius 3 is 2.62 bits per heavy atom. The van der Waals surface area contributed by atoms with E-state index in [1.807, 2.05) is 20.8 Å². The van der Waals surface area contributed by atoms with Crippen molar-refractivity contribution in [3.05, 3.63) is 23.4 Å². The van der Waals surface area contributed by atoms with E-state index >= 15 is 0 Å². The molecule has 1 aromatic rings. The van der Waals surface area contributed by atoms with Crippen LogP contribution in [-0.2, 0) is 9.59 Å². The molecule has 0 spiro atoms. The number of pyridine rings is 1. The van der Waals surface area contributed by atoms with E-state index in [0.29, 0.717) is 10.9 Å². The lowest BCUT2D eigenvalue weighted by Crippen LogP contribution is -2.53. The molecule has 1 unspecified atom stereocenters. The Morgan fingerprint density at radius 1 is 1.46 bits per heavy atom. The average molecular weight is 356 g/mol. The zero-order valence-electron chi connectivity index (χ0n) is 13.9. The average Bonchev–Trinajstić information content (AvgIpc) is 2.91. The summed E-state index contributed by atoms with van der Waals surface area (Å²) in [6.45, 7) is 5.68. The minimum absolute atomic E-state index is 0.157. The van der Waals surface area contributed by atoms with Gasteiger partial charge in [-0.2, -0.15) is 0 Å². The molecule has 1 aromatic heterocycles. The van der Waals surface area contributed by atoms with Crippen LogP contribution in [0.2, 0.25) is 5.02 Å². The van der Waals surface area contributed by atoms with Crippen LogP contribution in [0.4, 0.5) is 0 Å². The van der Waals surface area contributed by atoms with E-state index in [4.69, 9.17) is 22.1 Å². The monoisotopic (exact) mass is 355 g/mol. The van der Waals surface area contributed by atoms with Crippen LogP contribution in [0, 0.1) is 5.41 Å². The first-order chi connectivity index (χ1) is 11.1. The molecule has 1 saturated heterocycles. The predicted molar refractivity (Wildman–Crippen MR) is 88.8 cm³/mol. The van der Waals surface area contributed by atoms with Gasteiger partial charge in [0.15, 0.2) is 0 Å². The summed E-state index contributed by atoms with van der Waals surface area (Å²) in [7, 11) is 0. The number of carboxylic acid groups (broad SMARTS) is 1. The van der Waals surface area contributed by atoms with E-state index in [1.54, 1.807) is 12.1 Å². The quantitative estimate of drug-likeness (QED) is 0.848. The molecule has 0 bridgehead atoms. The largest absolute Gasteiger partial charge is 0.480 e. The molecule has 1 fully saturated rings. The van der Waals surface area contributed by atoms with Crippen molar-refractivity contribution in [2.75, 3.05) is 6.54 Å². The number of hydrogen-bond donors (Lipinski definition) is 2. The fraction of sp³-hybridized carbons (Fsp3) is 0.562. The van der Waals surface area contributed by atoms with Gasteiger partial charge in [-0.15, -0.1) is 0 Å². The minimum atomic E-state index is -1.07. The van der Waals surface area contributed by atoms with Crippen LogP contribution >= 0.6 is 11.6 Å². The summed E-state index contributed by atoms with van der Waals surface area (Å²) >= 11 is 5.77. The highest BCUT2D eigenvalue weighted by Crippen LogP contribution is 2.27. The number of ether oxygens (including phenoxy) is 1. The van der Waals surface area contributed by atoms with Gasteiger partial charge in [-0.3, -0.25) is 4.79 Å². The van der Waals surface area contributed by atoms with Gasteiger partial charge in [0.25, 0.3) is 0 Å². The van der Waals surface area contributed by atoms with Crippen LogP contribution in [0.25, 0.3) is 0 Å².